The van der Waals surface area contributed by atoms with Gasteiger partial charge in [-0.3, -0.25) is 30.3 Å². The van der Waals surface area contributed by atoms with Gasteiger partial charge in [-0.25, -0.2) is 0 Å². The van der Waals surface area contributed by atoms with Crippen LogP contribution in [0.1, 0.15) is 5.56 Å². The summed E-state index contributed by atoms with van der Waals surface area (Å²) in [5.74, 6) is -1.46. The molecule has 0 bridgehead atoms. The number of aromatic nitrogens is 1. The predicted octanol–water partition coefficient (Wildman–Crippen LogP) is 2.55. The van der Waals surface area contributed by atoms with E-state index >= 15 is 0 Å². The Hall–Kier alpha value is -4.41. The summed E-state index contributed by atoms with van der Waals surface area (Å²) in [5.41, 5.74) is -0.909. The Morgan fingerprint density at radius 2 is 1.43 bits per heavy atom. The second-order valence-electron chi connectivity index (χ2n) is 5.25. The lowest BCUT2D eigenvalue weighted by molar-refractivity contribution is -0.512. The first-order valence-electron chi connectivity index (χ1n) is 7.56. The zero-order chi connectivity index (χ0) is 20.8. The molecule has 0 radical (unpaired) electrons. The van der Waals surface area contributed by atoms with Gasteiger partial charge in [-0.2, -0.15) is 4.40 Å². The summed E-state index contributed by atoms with van der Waals surface area (Å²) < 4.78 is 2.08. The molecule has 0 atom stereocenters. The van der Waals surface area contributed by atoms with Crippen molar-refractivity contribution in [2.45, 2.75) is 0 Å². The van der Waals surface area contributed by atoms with E-state index in [0.717, 1.165) is 5.56 Å². The zero-order valence-corrected chi connectivity index (χ0v) is 14.1. The molecule has 0 aliphatic rings. The van der Waals surface area contributed by atoms with Crippen LogP contribution in [0.3, 0.4) is 0 Å². The number of nitro benzene ring substituents is 3. The van der Waals surface area contributed by atoms with Crippen molar-refractivity contribution in [1.29, 1.82) is 0 Å². The Kier molecular flexibility index (Phi) is 5.91. The van der Waals surface area contributed by atoms with Gasteiger partial charge in [-0.15, -0.1) is 0 Å². The van der Waals surface area contributed by atoms with Crippen LogP contribution in [0.25, 0.3) is 11.6 Å². The van der Waals surface area contributed by atoms with Crippen LogP contribution < -0.4 is 9.51 Å². The lowest BCUT2D eigenvalue weighted by Crippen LogP contribution is -2.20. The van der Waals surface area contributed by atoms with Crippen molar-refractivity contribution in [3.63, 3.8) is 0 Å². The van der Waals surface area contributed by atoms with Crippen molar-refractivity contribution in [3.8, 4) is 5.75 Å². The number of fused-ring (bicyclic) bond motifs is 1. The van der Waals surface area contributed by atoms with Gasteiger partial charge in [0.25, 0.3) is 17.1 Å². The molecule has 0 amide bonds. The molecule has 3 rings (SSSR count). The molecule has 1 aromatic carbocycles. The first kappa shape index (κ1) is 19.9. The highest BCUT2D eigenvalue weighted by Gasteiger charge is 2.24. The lowest BCUT2D eigenvalue weighted by Gasteiger charge is -2.06. The van der Waals surface area contributed by atoms with E-state index in [4.69, 9.17) is 0 Å². The van der Waals surface area contributed by atoms with E-state index in [2.05, 4.69) is 23.1 Å². The number of nitro groups is 3. The molecule has 0 saturated carbocycles. The van der Waals surface area contributed by atoms with E-state index < -0.39 is 37.6 Å². The van der Waals surface area contributed by atoms with Crippen LogP contribution in [0.15, 0.2) is 61.4 Å². The number of benzene rings is 1. The topological polar surface area (TPSA) is 157 Å². The lowest BCUT2D eigenvalue weighted by atomic mass is 10.2. The van der Waals surface area contributed by atoms with E-state index in [-0.39, 0.29) is 0 Å². The van der Waals surface area contributed by atoms with Crippen molar-refractivity contribution >= 4 is 28.7 Å². The van der Waals surface area contributed by atoms with Crippen molar-refractivity contribution in [1.82, 2.24) is 0 Å². The van der Waals surface area contributed by atoms with Crippen molar-refractivity contribution in [2.75, 3.05) is 0 Å². The van der Waals surface area contributed by atoms with Gasteiger partial charge in [-0.05, 0) is 12.1 Å². The minimum absolute atomic E-state index is 0.384. The van der Waals surface area contributed by atoms with Gasteiger partial charge < -0.3 is 5.11 Å². The zero-order valence-electron chi connectivity index (χ0n) is 14.1. The summed E-state index contributed by atoms with van der Waals surface area (Å²) in [6.07, 6.45) is 5.93. The molecule has 0 fully saturated rings. The van der Waals surface area contributed by atoms with Gasteiger partial charge in [0.15, 0.2) is 12.4 Å². The van der Waals surface area contributed by atoms with E-state index in [1.165, 1.54) is 5.52 Å². The molecule has 28 heavy (non-hydrogen) atoms. The number of pyridine rings is 2. The minimum Gasteiger partial charge on any atom is -0.863 e. The fourth-order valence-corrected chi connectivity index (χ4v) is 2.29. The molecule has 142 valence electrons. The molecular weight excluding hydrogens is 372 g/mol. The maximum absolute atomic E-state index is 11.1. The summed E-state index contributed by atoms with van der Waals surface area (Å²) >= 11 is 0. The number of non-ortho nitro benzene ring substituents is 1. The van der Waals surface area contributed by atoms with Gasteiger partial charge in [0.05, 0.1) is 32.7 Å². The molecule has 0 aliphatic carbocycles. The summed E-state index contributed by atoms with van der Waals surface area (Å²) in [6.45, 7) is 3.77. The summed E-state index contributed by atoms with van der Waals surface area (Å²) in [4.78, 5) is 27.5. The number of nitrogens with zero attached hydrogens (tertiary/aromatic N) is 4. The van der Waals surface area contributed by atoms with Gasteiger partial charge in [0.1, 0.15) is 0 Å². The third-order valence-electron chi connectivity index (χ3n) is 3.57. The maximum Gasteiger partial charge on any atom is 0.283 e. The third kappa shape index (κ3) is 4.22. The Bertz CT molecular complexity index is 1060. The first-order chi connectivity index (χ1) is 13.3. The van der Waals surface area contributed by atoms with Crippen LogP contribution >= 0.6 is 0 Å². The Labute approximate surface area is 156 Å². The van der Waals surface area contributed by atoms with Crippen LogP contribution in [-0.2, 0) is 0 Å². The molecule has 0 aliphatic heterocycles. The Balaban J connectivity index is 0.000000207. The SMILES string of the molecule is C=Cc1ccc[n+]2ccccc12.O=[N+]([O-])c1cc([N+](=O)[O-])c([O-])c([N+](=O)[O-])c1. The molecule has 11 nitrogen and oxygen atoms in total. The van der Waals surface area contributed by atoms with Gasteiger partial charge in [0.2, 0.25) is 5.52 Å². The first-order valence-corrected chi connectivity index (χ1v) is 7.56. The highest BCUT2D eigenvalue weighted by Crippen LogP contribution is 2.36. The molecular formula is C17H12N4O7. The second-order valence-corrected chi connectivity index (χ2v) is 5.25. The fraction of sp³-hybridized carbons (Fsp3) is 0. The summed E-state index contributed by atoms with van der Waals surface area (Å²) in [5, 5.41) is 42.1. The molecule has 2 heterocycles. The van der Waals surface area contributed by atoms with Crippen LogP contribution in [0.5, 0.6) is 5.75 Å². The van der Waals surface area contributed by atoms with E-state index in [0.29, 0.717) is 12.1 Å². The smallest absolute Gasteiger partial charge is 0.283 e. The Morgan fingerprint density at radius 3 is 1.93 bits per heavy atom. The molecule has 0 saturated heterocycles. The molecule has 3 aromatic rings. The number of rotatable bonds is 4. The van der Waals surface area contributed by atoms with Gasteiger partial charge in [-0.1, -0.05) is 12.7 Å². The molecule has 0 spiro atoms. The Morgan fingerprint density at radius 1 is 0.857 bits per heavy atom. The molecule has 2 aromatic heterocycles. The quantitative estimate of drug-likeness (QED) is 0.380. The minimum atomic E-state index is -1.46. The number of hydrogen-bond donors (Lipinski definition) is 0. The molecule has 0 N–H and O–H groups in total. The van der Waals surface area contributed by atoms with Crippen molar-refractivity contribution in [3.05, 3.63) is 97.3 Å². The summed E-state index contributed by atoms with van der Waals surface area (Å²) in [7, 11) is 0. The summed E-state index contributed by atoms with van der Waals surface area (Å²) in [6, 6.07) is 11.0. The monoisotopic (exact) mass is 384 g/mol. The van der Waals surface area contributed by atoms with Crippen LogP contribution in [0, 0.1) is 30.3 Å². The maximum atomic E-state index is 11.1. The highest BCUT2D eigenvalue weighted by molar-refractivity contribution is 5.64. The van der Waals surface area contributed by atoms with Crippen LogP contribution in [0.4, 0.5) is 17.1 Å². The van der Waals surface area contributed by atoms with Crippen molar-refractivity contribution in [2.24, 2.45) is 0 Å². The van der Waals surface area contributed by atoms with Crippen LogP contribution in [0.2, 0.25) is 0 Å². The second kappa shape index (κ2) is 8.31. The molecule has 11 heteroatoms. The van der Waals surface area contributed by atoms with E-state index in [1.807, 2.05) is 36.7 Å². The normalized spacial score (nSPS) is 9.86. The average molecular weight is 384 g/mol. The number of hydrogen-bond acceptors (Lipinski definition) is 7. The largest absolute Gasteiger partial charge is 0.863 e. The standard InChI is InChI=1S/C11H10N.C6H3N3O7/c1-2-10-6-5-9-12-8-4-3-7-11(10)12;10-6-4(8(13)14)1-3(7(11)12)2-5(6)9(15)16/h2-9H,1H2;1-2,10H/q+1;/p-1. The average Bonchev–Trinajstić information content (AvgIpc) is 2.67. The molecule has 0 unspecified atom stereocenters. The highest BCUT2D eigenvalue weighted by atomic mass is 16.6. The van der Waals surface area contributed by atoms with Crippen molar-refractivity contribution < 1.29 is 24.3 Å². The predicted molar refractivity (Wildman–Crippen MR) is 95.5 cm³/mol. The van der Waals surface area contributed by atoms with Crippen LogP contribution in [-0.4, -0.2) is 14.8 Å². The van der Waals surface area contributed by atoms with E-state index in [9.17, 15) is 35.4 Å². The van der Waals surface area contributed by atoms with Gasteiger partial charge >= 0.3 is 0 Å². The van der Waals surface area contributed by atoms with E-state index in [1.54, 1.807) is 0 Å². The third-order valence-corrected chi connectivity index (χ3v) is 3.57. The van der Waals surface area contributed by atoms with Gasteiger partial charge in [0, 0.05) is 23.8 Å². The fourth-order valence-electron chi connectivity index (χ4n) is 2.29.